The van der Waals surface area contributed by atoms with E-state index in [4.69, 9.17) is 10.8 Å². The maximum atomic E-state index is 12.7. The van der Waals surface area contributed by atoms with Crippen LogP contribution >= 0.6 is 0 Å². The highest BCUT2D eigenvalue weighted by Crippen LogP contribution is 2.18. The molecule has 6 unspecified atom stereocenters. The molecular formula is C22H31N5O7. The van der Waals surface area contributed by atoms with E-state index in [1.165, 1.54) is 20.8 Å². The van der Waals surface area contributed by atoms with Crippen LogP contribution in [0.2, 0.25) is 0 Å². The fourth-order valence-electron chi connectivity index (χ4n) is 3.31. The predicted molar refractivity (Wildman–Crippen MR) is 122 cm³/mol. The van der Waals surface area contributed by atoms with Crippen LogP contribution in [0.4, 0.5) is 0 Å². The monoisotopic (exact) mass is 477 g/mol. The zero-order valence-electron chi connectivity index (χ0n) is 19.1. The Hall–Kier alpha value is -3.48. The van der Waals surface area contributed by atoms with Crippen LogP contribution in [0, 0.1) is 0 Å². The van der Waals surface area contributed by atoms with E-state index in [0.29, 0.717) is 0 Å². The van der Waals surface area contributed by atoms with Crippen LogP contribution in [0.1, 0.15) is 26.3 Å². The third-order valence-corrected chi connectivity index (χ3v) is 5.31. The van der Waals surface area contributed by atoms with Gasteiger partial charge in [-0.05, 0) is 38.8 Å². The van der Waals surface area contributed by atoms with Crippen molar-refractivity contribution in [1.29, 1.82) is 0 Å². The Morgan fingerprint density at radius 3 is 2.00 bits per heavy atom. The number of hydrogen-bond acceptors (Lipinski definition) is 7. The molecule has 1 aromatic carbocycles. The number of aromatic amines is 1. The third-order valence-electron chi connectivity index (χ3n) is 5.31. The molecule has 1 heterocycles. The summed E-state index contributed by atoms with van der Waals surface area (Å²) in [6.45, 7) is 3.71. The molecule has 0 bridgehead atoms. The zero-order valence-corrected chi connectivity index (χ0v) is 19.1. The molecule has 12 nitrogen and oxygen atoms in total. The summed E-state index contributed by atoms with van der Waals surface area (Å²) in [6.07, 6.45) is -0.851. The minimum atomic E-state index is -1.52. The first-order chi connectivity index (χ1) is 15.9. The lowest BCUT2D eigenvalue weighted by atomic mass is 10.0. The number of carboxylic acids is 1. The number of aromatic nitrogens is 1. The Bertz CT molecular complexity index is 1040. The van der Waals surface area contributed by atoms with Gasteiger partial charge in [-0.2, -0.15) is 0 Å². The first kappa shape index (κ1) is 26.8. The molecule has 186 valence electrons. The first-order valence-corrected chi connectivity index (χ1v) is 10.7. The summed E-state index contributed by atoms with van der Waals surface area (Å²) < 4.78 is 0. The van der Waals surface area contributed by atoms with Gasteiger partial charge in [0.1, 0.15) is 18.1 Å². The standard InChI is InChI=1S/C22H31N5O7/c1-10(22(33)34)25-20(31)17(11(2)28)27-21(32)18(12(3)29)26-19(30)15(23)8-13-9-24-16-7-5-4-6-14(13)16/h4-7,9-12,15,17-18,24,28-29H,8,23H2,1-3H3,(H,25,31)(H,26,30)(H,27,32)(H,33,34). The van der Waals surface area contributed by atoms with Gasteiger partial charge in [-0.25, -0.2) is 0 Å². The largest absolute Gasteiger partial charge is 0.480 e. The van der Waals surface area contributed by atoms with Crippen molar-refractivity contribution in [3.8, 4) is 0 Å². The first-order valence-electron chi connectivity index (χ1n) is 10.7. The van der Waals surface area contributed by atoms with Crippen molar-refractivity contribution in [3.63, 3.8) is 0 Å². The lowest BCUT2D eigenvalue weighted by Gasteiger charge is -2.27. The molecule has 0 spiro atoms. The number of aliphatic hydroxyl groups excluding tert-OH is 2. The molecule has 2 rings (SSSR count). The third kappa shape index (κ3) is 6.76. The van der Waals surface area contributed by atoms with Crippen LogP contribution in [0.5, 0.6) is 0 Å². The second kappa shape index (κ2) is 11.6. The average molecular weight is 478 g/mol. The quantitative estimate of drug-likeness (QED) is 0.188. The van der Waals surface area contributed by atoms with E-state index in [9.17, 15) is 29.4 Å². The van der Waals surface area contributed by atoms with Crippen molar-refractivity contribution in [2.45, 2.75) is 63.6 Å². The molecule has 0 radical (unpaired) electrons. The molecule has 2 aromatic rings. The number of aliphatic hydroxyl groups is 2. The summed E-state index contributed by atoms with van der Waals surface area (Å²) in [5, 5.41) is 36.6. The van der Waals surface area contributed by atoms with Crippen LogP contribution in [-0.4, -0.2) is 80.4 Å². The molecule has 0 saturated carbocycles. The van der Waals surface area contributed by atoms with Crippen LogP contribution in [-0.2, 0) is 25.6 Å². The highest BCUT2D eigenvalue weighted by molar-refractivity contribution is 5.95. The van der Waals surface area contributed by atoms with Gasteiger partial charge in [-0.15, -0.1) is 0 Å². The van der Waals surface area contributed by atoms with E-state index in [-0.39, 0.29) is 6.42 Å². The van der Waals surface area contributed by atoms with Crippen molar-refractivity contribution in [3.05, 3.63) is 36.0 Å². The van der Waals surface area contributed by atoms with Crippen LogP contribution in [0.25, 0.3) is 10.9 Å². The summed E-state index contributed by atoms with van der Waals surface area (Å²) in [5.74, 6) is -3.90. The lowest BCUT2D eigenvalue weighted by molar-refractivity contribution is -0.142. The fraction of sp³-hybridized carbons (Fsp3) is 0.455. The lowest BCUT2D eigenvalue weighted by Crippen LogP contribution is -2.61. The number of carbonyl (C=O) groups is 4. The number of carbonyl (C=O) groups excluding carboxylic acids is 3. The number of H-pyrrole nitrogens is 1. The Morgan fingerprint density at radius 2 is 1.44 bits per heavy atom. The topological polar surface area (TPSA) is 207 Å². The van der Waals surface area contributed by atoms with Gasteiger partial charge in [0.2, 0.25) is 17.7 Å². The van der Waals surface area contributed by atoms with Gasteiger partial charge in [-0.3, -0.25) is 19.2 Å². The van der Waals surface area contributed by atoms with E-state index in [0.717, 1.165) is 16.5 Å². The number of carboxylic acid groups (broad SMARTS) is 1. The Balaban J connectivity index is 2.07. The molecule has 0 aliphatic carbocycles. The highest BCUT2D eigenvalue weighted by atomic mass is 16.4. The molecule has 9 N–H and O–H groups in total. The number of para-hydroxylation sites is 1. The summed E-state index contributed by atoms with van der Waals surface area (Å²) >= 11 is 0. The van der Waals surface area contributed by atoms with Crippen molar-refractivity contribution in [2.75, 3.05) is 0 Å². The summed E-state index contributed by atoms with van der Waals surface area (Å²) in [7, 11) is 0. The summed E-state index contributed by atoms with van der Waals surface area (Å²) in [6, 6.07) is 2.17. The van der Waals surface area contributed by atoms with Gasteiger partial charge in [0.05, 0.1) is 18.2 Å². The van der Waals surface area contributed by atoms with Gasteiger partial charge >= 0.3 is 5.97 Å². The number of nitrogens with one attached hydrogen (secondary N) is 4. The summed E-state index contributed by atoms with van der Waals surface area (Å²) in [4.78, 5) is 51.8. The second-order valence-corrected chi connectivity index (χ2v) is 8.19. The number of benzene rings is 1. The normalized spacial score (nSPS) is 16.5. The minimum Gasteiger partial charge on any atom is -0.480 e. The van der Waals surface area contributed by atoms with Crippen molar-refractivity contribution >= 4 is 34.6 Å². The van der Waals surface area contributed by atoms with E-state index < -0.39 is 60.1 Å². The van der Waals surface area contributed by atoms with Gasteiger partial charge in [0.15, 0.2) is 0 Å². The average Bonchev–Trinajstić information content (AvgIpc) is 3.17. The molecule has 0 fully saturated rings. The number of amides is 3. The number of nitrogens with two attached hydrogens (primary N) is 1. The second-order valence-electron chi connectivity index (χ2n) is 8.19. The number of hydrogen-bond donors (Lipinski definition) is 8. The van der Waals surface area contributed by atoms with Crippen molar-refractivity contribution in [2.24, 2.45) is 5.73 Å². The van der Waals surface area contributed by atoms with Gasteiger partial charge in [-0.1, -0.05) is 18.2 Å². The molecule has 12 heteroatoms. The number of fused-ring (bicyclic) bond motifs is 1. The van der Waals surface area contributed by atoms with Gasteiger partial charge < -0.3 is 42.0 Å². The molecule has 0 aliphatic heterocycles. The molecule has 3 amide bonds. The van der Waals surface area contributed by atoms with Crippen LogP contribution in [0.15, 0.2) is 30.5 Å². The van der Waals surface area contributed by atoms with E-state index in [2.05, 4.69) is 20.9 Å². The number of rotatable bonds is 11. The van der Waals surface area contributed by atoms with Gasteiger partial charge in [0, 0.05) is 17.1 Å². The molecular weight excluding hydrogens is 446 g/mol. The Labute approximate surface area is 195 Å². The van der Waals surface area contributed by atoms with Crippen LogP contribution < -0.4 is 21.7 Å². The molecule has 1 aromatic heterocycles. The molecule has 6 atom stereocenters. The molecule has 0 aliphatic rings. The minimum absolute atomic E-state index is 0.162. The molecule has 34 heavy (non-hydrogen) atoms. The highest BCUT2D eigenvalue weighted by Gasteiger charge is 2.33. The van der Waals surface area contributed by atoms with Gasteiger partial charge in [0.25, 0.3) is 0 Å². The van der Waals surface area contributed by atoms with Crippen molar-refractivity contribution in [1.82, 2.24) is 20.9 Å². The van der Waals surface area contributed by atoms with Crippen LogP contribution in [0.3, 0.4) is 0 Å². The fourth-order valence-corrected chi connectivity index (χ4v) is 3.31. The molecule has 0 saturated heterocycles. The summed E-state index contributed by atoms with van der Waals surface area (Å²) in [5.41, 5.74) is 7.71. The van der Waals surface area contributed by atoms with E-state index in [1.807, 2.05) is 24.3 Å². The predicted octanol–water partition coefficient (Wildman–Crippen LogP) is -1.64. The maximum absolute atomic E-state index is 12.7. The SMILES string of the molecule is CC(NC(=O)C(NC(=O)C(NC(=O)C(N)Cc1c[nH]c2ccccc12)C(C)O)C(C)O)C(=O)O. The Morgan fingerprint density at radius 1 is 0.912 bits per heavy atom. The van der Waals surface area contributed by atoms with E-state index >= 15 is 0 Å². The maximum Gasteiger partial charge on any atom is 0.325 e. The van der Waals surface area contributed by atoms with E-state index in [1.54, 1.807) is 6.20 Å². The number of aliphatic carboxylic acids is 1. The Kier molecular flexibility index (Phi) is 9.12. The van der Waals surface area contributed by atoms with Crippen molar-refractivity contribution < 1.29 is 34.5 Å². The zero-order chi connectivity index (χ0) is 25.6. The smallest absolute Gasteiger partial charge is 0.325 e.